The van der Waals surface area contributed by atoms with Gasteiger partial charge in [0.15, 0.2) is 5.82 Å². The number of fused-ring (bicyclic) bond motifs is 1. The Labute approximate surface area is 181 Å². The number of nitrogens with zero attached hydrogens (tertiary/aromatic N) is 4. The molecule has 3 heterocycles. The van der Waals surface area contributed by atoms with E-state index in [1.807, 2.05) is 36.7 Å². The molecule has 1 fully saturated rings. The molecular weight excluding hydrogens is 390 g/mol. The van der Waals surface area contributed by atoms with Crippen LogP contribution in [-0.4, -0.2) is 47.9 Å². The number of pyridine rings is 1. The van der Waals surface area contributed by atoms with Crippen LogP contribution in [0.4, 0.5) is 17.5 Å². The van der Waals surface area contributed by atoms with Gasteiger partial charge in [-0.15, -0.1) is 0 Å². The predicted molar refractivity (Wildman–Crippen MR) is 125 cm³/mol. The molecule has 1 atom stereocenters. The Hall–Kier alpha value is -3.68. The number of nitrogens with one attached hydrogen (secondary N) is 3. The van der Waals surface area contributed by atoms with Crippen LogP contribution in [0.2, 0.25) is 0 Å². The maximum atomic E-state index is 7.62. The molecule has 1 saturated heterocycles. The number of methoxy groups -OCH3 is 1. The minimum atomic E-state index is 0.450. The average Bonchev–Trinajstić information content (AvgIpc) is 3.23. The molecule has 8 nitrogen and oxygen atoms in total. The van der Waals surface area contributed by atoms with Gasteiger partial charge in [0.2, 0.25) is 5.95 Å². The van der Waals surface area contributed by atoms with Gasteiger partial charge >= 0.3 is 0 Å². The van der Waals surface area contributed by atoms with Gasteiger partial charge in [0, 0.05) is 55.4 Å². The standard InChI is InChI=1S/C23H27N7O/c1-15-5-4-10-30(15)22-21-17(8-9-26-22)14-27-23(29-21)28-19-7-6-16(11-20(19)31-3)18(12-24)13-25-2/h6-9,11-15,24-25H,4-5,10H2,1-3H3,(H,27,28,29)/b18-13+,24-12?. The summed E-state index contributed by atoms with van der Waals surface area (Å²) < 4.78 is 5.58. The van der Waals surface area contributed by atoms with Crippen molar-refractivity contribution in [3.63, 3.8) is 0 Å². The average molecular weight is 418 g/mol. The summed E-state index contributed by atoms with van der Waals surface area (Å²) in [6.07, 6.45) is 9.05. The molecule has 1 unspecified atom stereocenters. The van der Waals surface area contributed by atoms with Crippen molar-refractivity contribution in [1.82, 2.24) is 20.3 Å². The summed E-state index contributed by atoms with van der Waals surface area (Å²) >= 11 is 0. The number of hydrogen-bond donors (Lipinski definition) is 3. The molecule has 3 aromatic rings. The molecule has 0 saturated carbocycles. The van der Waals surface area contributed by atoms with Gasteiger partial charge in [0.05, 0.1) is 12.8 Å². The molecule has 0 radical (unpaired) electrons. The van der Waals surface area contributed by atoms with E-state index in [9.17, 15) is 0 Å². The summed E-state index contributed by atoms with van der Waals surface area (Å²) in [7, 11) is 3.42. The van der Waals surface area contributed by atoms with Gasteiger partial charge < -0.3 is 25.7 Å². The second-order valence-corrected chi connectivity index (χ2v) is 7.52. The zero-order chi connectivity index (χ0) is 21.8. The fourth-order valence-electron chi connectivity index (χ4n) is 3.92. The third-order valence-corrected chi connectivity index (χ3v) is 5.54. The first-order valence-electron chi connectivity index (χ1n) is 10.4. The Morgan fingerprint density at radius 2 is 2.16 bits per heavy atom. The molecule has 0 aliphatic carbocycles. The number of anilines is 3. The van der Waals surface area contributed by atoms with Crippen molar-refractivity contribution in [2.24, 2.45) is 0 Å². The van der Waals surface area contributed by atoms with Crippen LogP contribution in [0.1, 0.15) is 25.3 Å². The topological polar surface area (TPSA) is 99.0 Å². The first kappa shape index (κ1) is 20.6. The Bertz CT molecular complexity index is 1130. The van der Waals surface area contributed by atoms with Gasteiger partial charge in [0.1, 0.15) is 11.3 Å². The van der Waals surface area contributed by atoms with Crippen molar-refractivity contribution >= 4 is 40.1 Å². The van der Waals surface area contributed by atoms with E-state index in [2.05, 4.69) is 32.4 Å². The van der Waals surface area contributed by atoms with Crippen LogP contribution in [-0.2, 0) is 0 Å². The third kappa shape index (κ3) is 4.14. The highest BCUT2D eigenvalue weighted by molar-refractivity contribution is 6.08. The predicted octanol–water partition coefficient (Wildman–Crippen LogP) is 3.98. The summed E-state index contributed by atoms with van der Waals surface area (Å²) in [4.78, 5) is 16.2. The fourth-order valence-corrected chi connectivity index (χ4v) is 3.92. The van der Waals surface area contributed by atoms with E-state index in [-0.39, 0.29) is 0 Å². The molecule has 0 bridgehead atoms. The van der Waals surface area contributed by atoms with Crippen molar-refractivity contribution in [3.05, 3.63) is 48.4 Å². The van der Waals surface area contributed by atoms with Crippen molar-refractivity contribution < 1.29 is 4.74 Å². The van der Waals surface area contributed by atoms with Gasteiger partial charge in [-0.2, -0.15) is 0 Å². The number of aromatic nitrogens is 3. The highest BCUT2D eigenvalue weighted by Gasteiger charge is 2.24. The van der Waals surface area contributed by atoms with E-state index in [4.69, 9.17) is 15.1 Å². The molecule has 2 aromatic heterocycles. The Morgan fingerprint density at radius 3 is 2.87 bits per heavy atom. The molecule has 1 aromatic carbocycles. The van der Waals surface area contributed by atoms with Crippen LogP contribution in [0.3, 0.4) is 0 Å². The molecule has 0 amide bonds. The second kappa shape index (κ2) is 8.99. The monoisotopic (exact) mass is 417 g/mol. The van der Waals surface area contributed by atoms with Gasteiger partial charge in [0.25, 0.3) is 0 Å². The van der Waals surface area contributed by atoms with Gasteiger partial charge in [-0.1, -0.05) is 6.07 Å². The lowest BCUT2D eigenvalue weighted by Gasteiger charge is -2.23. The van der Waals surface area contributed by atoms with Crippen LogP contribution in [0.15, 0.2) is 42.9 Å². The zero-order valence-corrected chi connectivity index (χ0v) is 18.0. The summed E-state index contributed by atoms with van der Waals surface area (Å²) in [5, 5.41) is 14.8. The maximum Gasteiger partial charge on any atom is 0.227 e. The van der Waals surface area contributed by atoms with E-state index < -0.39 is 0 Å². The SMILES string of the molecule is CN/C=C(\C=N)c1ccc(Nc2ncc3ccnc(N4CCCC4C)c3n2)c(OC)c1. The quantitative estimate of drug-likeness (QED) is 0.500. The third-order valence-electron chi connectivity index (χ3n) is 5.54. The van der Waals surface area contributed by atoms with Gasteiger partial charge in [-0.05, 0) is 43.5 Å². The van der Waals surface area contributed by atoms with Crippen LogP contribution in [0, 0.1) is 5.41 Å². The molecule has 160 valence electrons. The molecule has 3 N–H and O–H groups in total. The minimum Gasteiger partial charge on any atom is -0.495 e. The van der Waals surface area contributed by atoms with Crippen molar-refractivity contribution in [2.75, 3.05) is 30.9 Å². The van der Waals surface area contributed by atoms with Crippen molar-refractivity contribution in [1.29, 1.82) is 5.41 Å². The Morgan fingerprint density at radius 1 is 1.29 bits per heavy atom. The summed E-state index contributed by atoms with van der Waals surface area (Å²) in [5.41, 5.74) is 3.22. The van der Waals surface area contributed by atoms with Crippen LogP contribution < -0.4 is 20.3 Å². The van der Waals surface area contributed by atoms with E-state index >= 15 is 0 Å². The van der Waals surface area contributed by atoms with Gasteiger partial charge in [-0.3, -0.25) is 0 Å². The lowest BCUT2D eigenvalue weighted by atomic mass is 10.1. The van der Waals surface area contributed by atoms with Crippen molar-refractivity contribution in [2.45, 2.75) is 25.8 Å². The van der Waals surface area contributed by atoms with Crippen LogP contribution in [0.25, 0.3) is 16.5 Å². The molecule has 1 aliphatic rings. The molecule has 4 rings (SSSR count). The van der Waals surface area contributed by atoms with Gasteiger partial charge in [-0.25, -0.2) is 15.0 Å². The first-order chi connectivity index (χ1) is 15.1. The fraction of sp³-hybridized carbons (Fsp3) is 0.304. The van der Waals surface area contributed by atoms with Crippen molar-refractivity contribution in [3.8, 4) is 5.75 Å². The van der Waals surface area contributed by atoms with E-state index in [0.29, 0.717) is 17.7 Å². The molecule has 8 heteroatoms. The van der Waals surface area contributed by atoms with E-state index in [1.54, 1.807) is 20.4 Å². The van der Waals surface area contributed by atoms with E-state index in [1.165, 1.54) is 12.6 Å². The Balaban J connectivity index is 1.68. The molecule has 0 spiro atoms. The highest BCUT2D eigenvalue weighted by atomic mass is 16.5. The highest BCUT2D eigenvalue weighted by Crippen LogP contribution is 2.32. The Kier molecular flexibility index (Phi) is 5.97. The number of benzene rings is 1. The smallest absolute Gasteiger partial charge is 0.227 e. The number of allylic oxidation sites excluding steroid dienone is 1. The van der Waals surface area contributed by atoms with Crippen LogP contribution >= 0.6 is 0 Å². The summed E-state index contributed by atoms with van der Waals surface area (Å²) in [6.45, 7) is 3.22. The van der Waals surface area contributed by atoms with Crippen LogP contribution in [0.5, 0.6) is 5.75 Å². The molecule has 31 heavy (non-hydrogen) atoms. The first-order valence-corrected chi connectivity index (χ1v) is 10.4. The largest absolute Gasteiger partial charge is 0.495 e. The lowest BCUT2D eigenvalue weighted by molar-refractivity contribution is 0.416. The normalized spacial score (nSPS) is 16.4. The number of rotatable bonds is 7. The summed E-state index contributed by atoms with van der Waals surface area (Å²) in [5.74, 6) is 2.03. The lowest BCUT2D eigenvalue weighted by Crippen LogP contribution is -2.27. The minimum absolute atomic E-state index is 0.450. The van der Waals surface area contributed by atoms with E-state index in [0.717, 1.165) is 46.5 Å². The number of ether oxygens (including phenoxy) is 1. The summed E-state index contributed by atoms with van der Waals surface area (Å²) in [6, 6.07) is 8.11. The zero-order valence-electron chi connectivity index (χ0n) is 18.0. The maximum absolute atomic E-state index is 7.62. The number of hydrogen-bond acceptors (Lipinski definition) is 8. The second-order valence-electron chi connectivity index (χ2n) is 7.52. The molecule has 1 aliphatic heterocycles. The molecular formula is C23H27N7O.